The number of rotatable bonds is 4. The van der Waals surface area contributed by atoms with Gasteiger partial charge in [-0.05, 0) is 24.1 Å². The third-order valence-corrected chi connectivity index (χ3v) is 3.81. The van der Waals surface area contributed by atoms with Gasteiger partial charge in [0.2, 0.25) is 0 Å². The van der Waals surface area contributed by atoms with Crippen molar-refractivity contribution in [3.63, 3.8) is 0 Å². The maximum absolute atomic E-state index is 11.5. The van der Waals surface area contributed by atoms with E-state index in [1.165, 1.54) is 18.2 Å². The molecular formula is C17H12ClNO5. The molecule has 1 heterocycles. The molecule has 0 spiro atoms. The summed E-state index contributed by atoms with van der Waals surface area (Å²) >= 11 is 6.21. The van der Waals surface area contributed by atoms with Crippen LogP contribution in [0.2, 0.25) is 5.02 Å². The van der Waals surface area contributed by atoms with Gasteiger partial charge in [0, 0.05) is 29.7 Å². The summed E-state index contributed by atoms with van der Waals surface area (Å²) in [5.41, 5.74) is 1.30. The van der Waals surface area contributed by atoms with Crippen molar-refractivity contribution in [2.75, 3.05) is 0 Å². The lowest BCUT2D eigenvalue weighted by Crippen LogP contribution is -2.00. The molecule has 0 fully saturated rings. The second kappa shape index (κ2) is 6.33. The lowest BCUT2D eigenvalue weighted by atomic mass is 10.1. The van der Waals surface area contributed by atoms with E-state index >= 15 is 0 Å². The Labute approximate surface area is 141 Å². The lowest BCUT2D eigenvalue weighted by molar-refractivity contribution is -0.384. The van der Waals surface area contributed by atoms with Crippen molar-refractivity contribution in [2.24, 2.45) is 0 Å². The van der Waals surface area contributed by atoms with Gasteiger partial charge in [-0.25, -0.2) is 4.79 Å². The highest BCUT2D eigenvalue weighted by Crippen LogP contribution is 2.31. The van der Waals surface area contributed by atoms with Crippen molar-refractivity contribution < 1.29 is 14.1 Å². The number of hydrogen-bond donors (Lipinski definition) is 0. The van der Waals surface area contributed by atoms with E-state index in [-0.39, 0.29) is 12.3 Å². The van der Waals surface area contributed by atoms with Gasteiger partial charge in [0.05, 0.1) is 9.95 Å². The van der Waals surface area contributed by atoms with Gasteiger partial charge in [-0.1, -0.05) is 23.7 Å². The monoisotopic (exact) mass is 345 g/mol. The first-order valence-electron chi connectivity index (χ1n) is 7.04. The molecule has 1 aromatic heterocycles. The standard InChI is InChI=1S/C17H12ClNO5/c1-10-5-17(20)24-15-8-16(14(18)7-13(10)15)23-9-11-3-2-4-12(6-11)19(21)22/h2-8H,9H2,1H3. The van der Waals surface area contributed by atoms with Crippen LogP contribution in [-0.4, -0.2) is 4.92 Å². The first-order chi connectivity index (χ1) is 11.4. The third kappa shape index (κ3) is 3.23. The third-order valence-electron chi connectivity index (χ3n) is 3.52. The molecular weight excluding hydrogens is 334 g/mol. The summed E-state index contributed by atoms with van der Waals surface area (Å²) in [6, 6.07) is 10.7. The average molecular weight is 346 g/mol. The summed E-state index contributed by atoms with van der Waals surface area (Å²) < 4.78 is 10.8. The normalized spacial score (nSPS) is 10.8. The molecule has 0 unspecified atom stereocenters. The van der Waals surface area contributed by atoms with Crippen LogP contribution in [0.3, 0.4) is 0 Å². The zero-order chi connectivity index (χ0) is 17.3. The molecule has 0 aliphatic carbocycles. The molecule has 3 aromatic rings. The van der Waals surface area contributed by atoms with E-state index in [1.54, 1.807) is 31.2 Å². The minimum Gasteiger partial charge on any atom is -0.487 e. The van der Waals surface area contributed by atoms with Gasteiger partial charge >= 0.3 is 5.63 Å². The Hall–Kier alpha value is -2.86. The van der Waals surface area contributed by atoms with Crippen LogP contribution >= 0.6 is 11.6 Å². The van der Waals surface area contributed by atoms with Crippen molar-refractivity contribution in [1.82, 2.24) is 0 Å². The molecule has 0 saturated heterocycles. The molecule has 0 N–H and O–H groups in total. The Balaban J connectivity index is 1.90. The second-order valence-electron chi connectivity index (χ2n) is 5.24. The van der Waals surface area contributed by atoms with Crippen molar-refractivity contribution in [3.05, 3.63) is 79.1 Å². The van der Waals surface area contributed by atoms with Gasteiger partial charge in [0.1, 0.15) is 17.9 Å². The molecule has 0 aliphatic heterocycles. The van der Waals surface area contributed by atoms with Gasteiger partial charge in [-0.2, -0.15) is 0 Å². The number of benzene rings is 2. The maximum atomic E-state index is 11.5. The van der Waals surface area contributed by atoms with E-state index in [2.05, 4.69) is 0 Å². The van der Waals surface area contributed by atoms with Crippen LogP contribution in [0.25, 0.3) is 11.0 Å². The van der Waals surface area contributed by atoms with Crippen molar-refractivity contribution in [1.29, 1.82) is 0 Å². The van der Waals surface area contributed by atoms with E-state index < -0.39 is 10.5 Å². The molecule has 3 rings (SSSR count). The summed E-state index contributed by atoms with van der Waals surface area (Å²) in [4.78, 5) is 21.8. The number of aryl methyl sites for hydroxylation is 1. The van der Waals surface area contributed by atoms with Crippen LogP contribution in [0.15, 0.2) is 51.7 Å². The fourth-order valence-corrected chi connectivity index (χ4v) is 2.57. The van der Waals surface area contributed by atoms with Gasteiger partial charge in [-0.3, -0.25) is 10.1 Å². The van der Waals surface area contributed by atoms with Crippen molar-refractivity contribution in [3.8, 4) is 5.75 Å². The van der Waals surface area contributed by atoms with E-state index in [1.807, 2.05) is 0 Å². The van der Waals surface area contributed by atoms with E-state index in [0.717, 1.165) is 10.9 Å². The first kappa shape index (κ1) is 16.0. The molecule has 24 heavy (non-hydrogen) atoms. The topological polar surface area (TPSA) is 82.6 Å². The molecule has 6 nitrogen and oxygen atoms in total. The van der Waals surface area contributed by atoms with Crippen molar-refractivity contribution >= 4 is 28.3 Å². The molecule has 122 valence electrons. The predicted molar refractivity (Wildman–Crippen MR) is 89.7 cm³/mol. The Bertz CT molecular complexity index is 996. The number of halogens is 1. The summed E-state index contributed by atoms with van der Waals surface area (Å²) in [5.74, 6) is 0.337. The number of nitro benzene ring substituents is 1. The zero-order valence-electron chi connectivity index (χ0n) is 12.6. The summed E-state index contributed by atoms with van der Waals surface area (Å²) in [6.45, 7) is 1.89. The summed E-state index contributed by atoms with van der Waals surface area (Å²) in [7, 11) is 0. The fourth-order valence-electron chi connectivity index (χ4n) is 2.35. The molecule has 7 heteroatoms. The van der Waals surface area contributed by atoms with Crippen LogP contribution in [0.1, 0.15) is 11.1 Å². The van der Waals surface area contributed by atoms with E-state index in [0.29, 0.717) is 21.9 Å². The molecule has 2 aromatic carbocycles. The van der Waals surface area contributed by atoms with Crippen LogP contribution in [-0.2, 0) is 6.61 Å². The molecule has 0 bridgehead atoms. The molecule has 0 aliphatic rings. The smallest absolute Gasteiger partial charge is 0.336 e. The fraction of sp³-hybridized carbons (Fsp3) is 0.118. The number of fused-ring (bicyclic) bond motifs is 1. The van der Waals surface area contributed by atoms with Gasteiger partial charge in [0.15, 0.2) is 0 Å². The predicted octanol–water partition coefficient (Wildman–Crippen LogP) is 4.24. The highest BCUT2D eigenvalue weighted by molar-refractivity contribution is 6.32. The van der Waals surface area contributed by atoms with Gasteiger partial charge in [0.25, 0.3) is 5.69 Å². The Kier molecular flexibility index (Phi) is 4.22. The largest absolute Gasteiger partial charge is 0.487 e. The van der Waals surface area contributed by atoms with Gasteiger partial charge in [-0.15, -0.1) is 0 Å². The quantitative estimate of drug-likeness (QED) is 0.401. The zero-order valence-corrected chi connectivity index (χ0v) is 13.4. The number of nitro groups is 1. The first-order valence-corrected chi connectivity index (χ1v) is 7.42. The molecule has 0 amide bonds. The molecule has 0 radical (unpaired) electrons. The van der Waals surface area contributed by atoms with Crippen molar-refractivity contribution in [2.45, 2.75) is 13.5 Å². The van der Waals surface area contributed by atoms with Gasteiger partial charge < -0.3 is 9.15 Å². The highest BCUT2D eigenvalue weighted by Gasteiger charge is 2.11. The average Bonchev–Trinajstić information content (AvgIpc) is 2.54. The number of nitrogens with zero attached hydrogens (tertiary/aromatic N) is 1. The SMILES string of the molecule is Cc1cc(=O)oc2cc(OCc3cccc([N+](=O)[O-])c3)c(Cl)cc12. The van der Waals surface area contributed by atoms with E-state index in [4.69, 9.17) is 20.8 Å². The van der Waals surface area contributed by atoms with E-state index in [9.17, 15) is 14.9 Å². The second-order valence-corrected chi connectivity index (χ2v) is 5.65. The summed E-state index contributed by atoms with van der Waals surface area (Å²) in [5, 5.41) is 11.9. The van der Waals surface area contributed by atoms with Crippen LogP contribution in [0.5, 0.6) is 5.75 Å². The Morgan fingerprint density at radius 1 is 1.25 bits per heavy atom. The Morgan fingerprint density at radius 3 is 2.79 bits per heavy atom. The molecule has 0 saturated carbocycles. The maximum Gasteiger partial charge on any atom is 0.336 e. The van der Waals surface area contributed by atoms with Crippen LogP contribution < -0.4 is 10.4 Å². The number of ether oxygens (including phenoxy) is 1. The number of non-ortho nitro benzene ring substituents is 1. The minimum atomic E-state index is -0.468. The van der Waals surface area contributed by atoms with Crippen LogP contribution in [0.4, 0.5) is 5.69 Å². The minimum absolute atomic E-state index is 0.0117. The Morgan fingerprint density at radius 2 is 2.04 bits per heavy atom. The molecule has 0 atom stereocenters. The number of hydrogen-bond acceptors (Lipinski definition) is 5. The van der Waals surface area contributed by atoms with Crippen LogP contribution in [0, 0.1) is 17.0 Å². The lowest BCUT2D eigenvalue weighted by Gasteiger charge is -2.10. The highest BCUT2D eigenvalue weighted by atomic mass is 35.5. The summed E-state index contributed by atoms with van der Waals surface area (Å²) in [6.07, 6.45) is 0.